The van der Waals surface area contributed by atoms with E-state index in [0.717, 1.165) is 17.3 Å². The molecule has 0 unspecified atom stereocenters. The van der Waals surface area contributed by atoms with E-state index >= 15 is 0 Å². The Bertz CT molecular complexity index is 778. The summed E-state index contributed by atoms with van der Waals surface area (Å²) in [6, 6.07) is 9.48. The summed E-state index contributed by atoms with van der Waals surface area (Å²) in [6.07, 6.45) is 0.596. The Morgan fingerprint density at radius 2 is 1.80 bits per heavy atom. The monoisotopic (exact) mass is 399 g/mol. The van der Waals surface area contributed by atoms with Gasteiger partial charge in [-0.3, -0.25) is 9.59 Å². The van der Waals surface area contributed by atoms with Crippen LogP contribution in [0.3, 0.4) is 0 Å². The summed E-state index contributed by atoms with van der Waals surface area (Å²) in [6.45, 7) is 1.81. The summed E-state index contributed by atoms with van der Waals surface area (Å²) in [5, 5.41) is 3.87. The number of rotatable bonds is 7. The fraction of sp³-hybridized carbons (Fsp3) is 0.222. The van der Waals surface area contributed by atoms with Crippen molar-refractivity contribution in [2.24, 2.45) is 0 Å². The molecule has 0 radical (unpaired) electrons. The second kappa shape index (κ2) is 9.22. The highest BCUT2D eigenvalue weighted by Crippen LogP contribution is 2.23. The molecule has 2 aromatic carbocycles. The van der Waals surface area contributed by atoms with Gasteiger partial charge in [0, 0.05) is 27.0 Å². The predicted octanol–water partition coefficient (Wildman–Crippen LogP) is 4.79. The largest absolute Gasteiger partial charge is 0.355 e. The first-order valence-electron chi connectivity index (χ1n) is 7.50. The number of thioether (sulfide) groups is 1. The number of hydrogen-bond donors (Lipinski definition) is 1. The molecule has 7 heteroatoms. The van der Waals surface area contributed by atoms with Gasteiger partial charge in [-0.25, -0.2) is 4.39 Å². The van der Waals surface area contributed by atoms with Crippen LogP contribution in [0.15, 0.2) is 41.3 Å². The molecule has 25 heavy (non-hydrogen) atoms. The maximum absolute atomic E-state index is 13.9. The fourth-order valence-electron chi connectivity index (χ4n) is 2.13. The van der Waals surface area contributed by atoms with E-state index in [-0.39, 0.29) is 17.4 Å². The molecular formula is C18H16Cl2FNO2S. The van der Waals surface area contributed by atoms with Crippen molar-refractivity contribution >= 4 is 46.7 Å². The van der Waals surface area contributed by atoms with E-state index in [1.807, 2.05) is 0 Å². The Morgan fingerprint density at radius 1 is 1.12 bits per heavy atom. The van der Waals surface area contributed by atoms with Crippen LogP contribution in [0.25, 0.3) is 0 Å². The van der Waals surface area contributed by atoms with Crippen molar-refractivity contribution in [3.05, 3.63) is 63.4 Å². The number of carbonyl (C=O) groups is 2. The zero-order chi connectivity index (χ0) is 18.4. The lowest BCUT2D eigenvalue weighted by Gasteiger charge is -2.07. The lowest BCUT2D eigenvalue weighted by atomic mass is 10.1. The van der Waals surface area contributed by atoms with E-state index < -0.39 is 5.82 Å². The number of benzene rings is 2. The van der Waals surface area contributed by atoms with Crippen molar-refractivity contribution in [3.63, 3.8) is 0 Å². The van der Waals surface area contributed by atoms with Gasteiger partial charge in [0.15, 0.2) is 5.78 Å². The van der Waals surface area contributed by atoms with Gasteiger partial charge in [0.05, 0.1) is 5.75 Å². The number of carbonyl (C=O) groups excluding carboxylic acids is 2. The van der Waals surface area contributed by atoms with Crippen molar-refractivity contribution in [1.29, 1.82) is 0 Å². The van der Waals surface area contributed by atoms with Crippen molar-refractivity contribution in [2.75, 3.05) is 12.3 Å². The maximum Gasteiger partial charge on any atom is 0.230 e. The number of nitrogens with one attached hydrogen (secondary N) is 1. The van der Waals surface area contributed by atoms with Gasteiger partial charge in [0.1, 0.15) is 5.82 Å². The number of ketones is 1. The summed E-state index contributed by atoms with van der Waals surface area (Å²) < 4.78 is 13.9. The molecule has 0 aliphatic carbocycles. The minimum Gasteiger partial charge on any atom is -0.355 e. The van der Waals surface area contributed by atoms with Gasteiger partial charge in [0.2, 0.25) is 5.91 Å². The molecule has 0 saturated carbocycles. The first kappa shape index (κ1) is 19.8. The van der Waals surface area contributed by atoms with Crippen LogP contribution in [-0.4, -0.2) is 24.0 Å². The molecule has 1 amide bonds. The number of amides is 1. The van der Waals surface area contributed by atoms with Crippen LogP contribution in [0.2, 0.25) is 10.0 Å². The van der Waals surface area contributed by atoms with Gasteiger partial charge < -0.3 is 5.32 Å². The normalized spacial score (nSPS) is 10.6. The van der Waals surface area contributed by atoms with Crippen LogP contribution in [0, 0.1) is 5.82 Å². The predicted molar refractivity (Wildman–Crippen MR) is 100 cm³/mol. The number of Topliss-reactive ketones (excluding diaryl/α,β-unsaturated/α-hetero) is 1. The number of halogens is 3. The van der Waals surface area contributed by atoms with Gasteiger partial charge in [-0.1, -0.05) is 29.3 Å². The topological polar surface area (TPSA) is 46.2 Å². The molecule has 0 heterocycles. The Kier molecular flexibility index (Phi) is 7.29. The lowest BCUT2D eigenvalue weighted by molar-refractivity contribution is -0.118. The highest BCUT2D eigenvalue weighted by atomic mass is 35.5. The Hall–Kier alpha value is -1.56. The second-order valence-corrected chi connectivity index (χ2v) is 7.26. The quantitative estimate of drug-likeness (QED) is 0.537. The van der Waals surface area contributed by atoms with Crippen molar-refractivity contribution < 1.29 is 14.0 Å². The summed E-state index contributed by atoms with van der Waals surface area (Å²) >= 11 is 12.9. The zero-order valence-electron chi connectivity index (χ0n) is 13.4. The molecule has 0 aliphatic heterocycles. The molecule has 3 nitrogen and oxygen atoms in total. The summed E-state index contributed by atoms with van der Waals surface area (Å²) in [5.74, 6) is -0.811. The van der Waals surface area contributed by atoms with Gasteiger partial charge in [-0.15, -0.1) is 11.8 Å². The lowest BCUT2D eigenvalue weighted by Crippen LogP contribution is -2.27. The second-order valence-electron chi connectivity index (χ2n) is 5.37. The minimum absolute atomic E-state index is 0.0899. The molecule has 0 saturated heterocycles. The average Bonchev–Trinajstić information content (AvgIpc) is 2.52. The molecule has 0 aromatic heterocycles. The summed E-state index contributed by atoms with van der Waals surface area (Å²) in [5.41, 5.74) is 1.24. The molecule has 132 valence electrons. The average molecular weight is 400 g/mol. The molecule has 0 bridgehead atoms. The third-order valence-corrected chi connectivity index (χ3v) is 4.84. The molecule has 2 aromatic rings. The summed E-state index contributed by atoms with van der Waals surface area (Å²) in [4.78, 5) is 23.4. The van der Waals surface area contributed by atoms with E-state index in [0.29, 0.717) is 33.5 Å². The Morgan fingerprint density at radius 3 is 2.40 bits per heavy atom. The summed E-state index contributed by atoms with van der Waals surface area (Å²) in [7, 11) is 0. The van der Waals surface area contributed by atoms with E-state index in [9.17, 15) is 14.0 Å². The van der Waals surface area contributed by atoms with Crippen LogP contribution in [0.4, 0.5) is 4.39 Å². The smallest absolute Gasteiger partial charge is 0.230 e. The van der Waals surface area contributed by atoms with E-state index in [1.54, 1.807) is 24.3 Å². The van der Waals surface area contributed by atoms with Crippen molar-refractivity contribution in [3.8, 4) is 0 Å². The van der Waals surface area contributed by atoms with Crippen LogP contribution in [0.5, 0.6) is 0 Å². The van der Waals surface area contributed by atoms with Gasteiger partial charge in [-0.2, -0.15) is 0 Å². The van der Waals surface area contributed by atoms with Crippen LogP contribution < -0.4 is 5.32 Å². The molecule has 0 fully saturated rings. The first-order chi connectivity index (χ1) is 11.8. The molecule has 0 aliphatic rings. The van der Waals surface area contributed by atoms with E-state index in [2.05, 4.69) is 5.32 Å². The highest BCUT2D eigenvalue weighted by Gasteiger charge is 2.09. The standard InChI is InChI=1S/C18H16Cl2FNO2S/c1-11(23)13-2-3-17(16(21)8-13)25-10-18(24)22-5-4-12-6-14(19)9-15(20)7-12/h2-3,6-9H,4-5,10H2,1H3,(H,22,24). The third kappa shape index (κ3) is 6.34. The van der Waals surface area contributed by atoms with Gasteiger partial charge in [0.25, 0.3) is 0 Å². The fourth-order valence-corrected chi connectivity index (χ4v) is 3.45. The Balaban J connectivity index is 1.80. The zero-order valence-corrected chi connectivity index (χ0v) is 15.8. The minimum atomic E-state index is -0.501. The molecular weight excluding hydrogens is 384 g/mol. The van der Waals surface area contributed by atoms with Gasteiger partial charge in [-0.05, 0) is 49.2 Å². The van der Waals surface area contributed by atoms with Gasteiger partial charge >= 0.3 is 0 Å². The van der Waals surface area contributed by atoms with Crippen molar-refractivity contribution in [2.45, 2.75) is 18.2 Å². The van der Waals surface area contributed by atoms with Crippen LogP contribution in [-0.2, 0) is 11.2 Å². The number of hydrogen-bond acceptors (Lipinski definition) is 3. The molecule has 1 N–H and O–H groups in total. The maximum atomic E-state index is 13.9. The van der Waals surface area contributed by atoms with E-state index in [4.69, 9.17) is 23.2 Å². The van der Waals surface area contributed by atoms with Crippen molar-refractivity contribution in [1.82, 2.24) is 5.32 Å². The van der Waals surface area contributed by atoms with Crippen LogP contribution in [0.1, 0.15) is 22.8 Å². The molecule has 2 rings (SSSR count). The molecule has 0 spiro atoms. The Labute approximate surface area is 159 Å². The highest BCUT2D eigenvalue weighted by molar-refractivity contribution is 8.00. The SMILES string of the molecule is CC(=O)c1ccc(SCC(=O)NCCc2cc(Cl)cc(Cl)c2)c(F)c1. The third-order valence-electron chi connectivity index (χ3n) is 3.36. The van der Waals surface area contributed by atoms with E-state index in [1.165, 1.54) is 19.1 Å². The molecule has 0 atom stereocenters. The first-order valence-corrected chi connectivity index (χ1v) is 9.24. The van der Waals surface area contributed by atoms with Crippen LogP contribution >= 0.6 is 35.0 Å².